The average molecular weight is 393 g/mol. The van der Waals surface area contributed by atoms with E-state index in [4.69, 9.17) is 0 Å². The van der Waals surface area contributed by atoms with Gasteiger partial charge in [0.2, 0.25) is 0 Å². The van der Waals surface area contributed by atoms with Gasteiger partial charge in [-0.3, -0.25) is 0 Å². The van der Waals surface area contributed by atoms with Crippen LogP contribution in [0, 0.1) is 0 Å². The number of carbonyl (C=O) groups is 1. The van der Waals surface area contributed by atoms with Crippen molar-refractivity contribution in [2.24, 2.45) is 0 Å². The van der Waals surface area contributed by atoms with Crippen molar-refractivity contribution in [3.05, 3.63) is 0 Å². The minimum atomic E-state index is -0.907. The highest BCUT2D eigenvalue weighted by Gasteiger charge is 1.93. The maximum Gasteiger partial charge on any atom is 0.0675 e. The van der Waals surface area contributed by atoms with Gasteiger partial charge in [0, 0.05) is 5.97 Å². The Morgan fingerprint density at radius 2 is 0.815 bits per heavy atom. The molecule has 0 aromatic rings. The summed E-state index contributed by atoms with van der Waals surface area (Å²) in [6, 6.07) is 0. The zero-order valence-corrected chi connectivity index (χ0v) is 20.1. The summed E-state index contributed by atoms with van der Waals surface area (Å²) in [4.78, 5) is 10.1. The molecule has 27 heavy (non-hydrogen) atoms. The third-order valence-corrected chi connectivity index (χ3v) is 2.98. The van der Waals surface area contributed by atoms with E-state index in [1.54, 1.807) is 0 Å². The summed E-state index contributed by atoms with van der Waals surface area (Å²) < 4.78 is 2.00. The lowest BCUT2D eigenvalue weighted by atomic mass is 10.1. The third kappa shape index (κ3) is 90.6. The van der Waals surface area contributed by atoms with E-state index < -0.39 is 5.97 Å². The second kappa shape index (κ2) is 21.6. The van der Waals surface area contributed by atoms with Crippen LogP contribution in [0.3, 0.4) is 0 Å². The van der Waals surface area contributed by atoms with E-state index in [2.05, 4.69) is 63.3 Å². The molecule has 0 unspecified atom stereocenters. The lowest BCUT2D eigenvalue weighted by Gasteiger charge is -2.14. The van der Waals surface area contributed by atoms with Gasteiger partial charge in [-0.2, -0.15) is 0 Å². The Morgan fingerprint density at radius 1 is 0.593 bits per heavy atom. The van der Waals surface area contributed by atoms with Crippen molar-refractivity contribution in [2.75, 3.05) is 56.4 Å². The Labute approximate surface area is 171 Å². The van der Waals surface area contributed by atoms with Crippen molar-refractivity contribution in [3.63, 3.8) is 0 Å². The van der Waals surface area contributed by atoms with E-state index in [0.29, 0.717) is 0 Å². The first-order valence-corrected chi connectivity index (χ1v) is 10.5. The van der Waals surface area contributed by atoms with Gasteiger partial charge in [0.1, 0.15) is 0 Å². The maximum absolute atomic E-state index is 10.1. The van der Waals surface area contributed by atoms with Gasteiger partial charge in [-0.1, -0.05) is 71.1 Å². The normalized spacial score (nSPS) is 10.7. The molecule has 0 aliphatic heterocycles. The molecule has 5 heteroatoms. The second-order valence-electron chi connectivity index (χ2n) is 10.0. The van der Waals surface area contributed by atoms with E-state index in [-0.39, 0.29) is 11.9 Å². The van der Waals surface area contributed by atoms with E-state index in [1.165, 1.54) is 57.8 Å². The largest absolute Gasteiger partial charge is 0.870 e. The first-order chi connectivity index (χ1) is 11.8. The highest BCUT2D eigenvalue weighted by molar-refractivity contribution is 5.63. The van der Waals surface area contributed by atoms with Crippen LogP contribution in [-0.2, 0) is 4.79 Å². The fourth-order valence-electron chi connectivity index (χ4n) is 1.93. The molecule has 0 aromatic carbocycles. The number of hydrogen-bond donors (Lipinski definition) is 0. The number of quaternary nitrogens is 2. The summed E-state index contributed by atoms with van der Waals surface area (Å²) >= 11 is 0. The number of carboxylic acids is 1. The number of aliphatic carboxylic acids is 1. The molecule has 0 saturated heterocycles. The summed E-state index contributed by atoms with van der Waals surface area (Å²) in [6.45, 7) is 2.24. The van der Waals surface area contributed by atoms with Crippen molar-refractivity contribution in [2.45, 2.75) is 84.0 Å². The third-order valence-electron chi connectivity index (χ3n) is 2.98. The molecule has 0 radical (unpaired) electrons. The van der Waals surface area contributed by atoms with E-state index >= 15 is 0 Å². The molecule has 5 nitrogen and oxygen atoms in total. The van der Waals surface area contributed by atoms with Gasteiger partial charge >= 0.3 is 0 Å². The predicted molar refractivity (Wildman–Crippen MR) is 116 cm³/mol. The summed E-state index contributed by atoms with van der Waals surface area (Å²) in [6.07, 6.45) is 14.0. The summed E-state index contributed by atoms with van der Waals surface area (Å²) in [5, 5.41) is 10.1. The van der Waals surface area contributed by atoms with Crippen molar-refractivity contribution in [1.82, 2.24) is 0 Å². The topological polar surface area (TPSA) is 70.1 Å². The summed E-state index contributed by atoms with van der Waals surface area (Å²) in [7, 11) is 17.0. The number of unbranched alkanes of at least 4 members (excludes halogenated alkanes) is 10. The lowest BCUT2D eigenvalue weighted by Crippen LogP contribution is -2.27. The molecule has 0 aliphatic rings. The van der Waals surface area contributed by atoms with Crippen LogP contribution < -0.4 is 5.11 Å². The predicted octanol–water partition coefficient (Wildman–Crippen LogP) is 3.91. The summed E-state index contributed by atoms with van der Waals surface area (Å²) in [5.41, 5.74) is 0. The number of carboxylic acid groups (broad SMARTS) is 1. The van der Waals surface area contributed by atoms with Crippen LogP contribution in [0.4, 0.5) is 0 Å². The van der Waals surface area contributed by atoms with Gasteiger partial charge in [-0.15, -0.1) is 0 Å². The zero-order valence-electron chi connectivity index (χ0n) is 20.1. The minimum absolute atomic E-state index is 0. The van der Waals surface area contributed by atoms with Crippen LogP contribution in [0.25, 0.3) is 0 Å². The molecule has 0 aliphatic carbocycles. The quantitative estimate of drug-likeness (QED) is 0.373. The molecule has 1 N–H and O–H groups in total. The molecule has 0 fully saturated rings. The molecule has 0 aromatic heterocycles. The molecule has 168 valence electrons. The lowest BCUT2D eigenvalue weighted by molar-refractivity contribution is -0.849. The van der Waals surface area contributed by atoms with Gasteiger partial charge in [-0.05, 0) is 12.8 Å². The van der Waals surface area contributed by atoms with E-state index in [1.807, 2.05) is 0 Å². The number of nitrogens with zero attached hydrogens (tertiary/aromatic N) is 2. The van der Waals surface area contributed by atoms with E-state index in [0.717, 1.165) is 21.8 Å². The molecule has 0 spiro atoms. The minimum Gasteiger partial charge on any atom is -0.870 e. The number of carbonyl (C=O) groups excluding carboxylic acids is 1. The van der Waals surface area contributed by atoms with Gasteiger partial charge in [0.15, 0.2) is 0 Å². The van der Waals surface area contributed by atoms with Gasteiger partial charge in [0.25, 0.3) is 0 Å². The second-order valence-corrected chi connectivity index (χ2v) is 10.0. The van der Waals surface area contributed by atoms with Gasteiger partial charge in [-0.25, -0.2) is 0 Å². The van der Waals surface area contributed by atoms with Crippen molar-refractivity contribution < 1.29 is 24.3 Å². The Balaban J connectivity index is -0.000000199. The van der Waals surface area contributed by atoms with Crippen molar-refractivity contribution in [1.29, 1.82) is 0 Å². The summed E-state index contributed by atoms with van der Waals surface area (Å²) in [5.74, 6) is -0.907. The molecular weight excluding hydrogens is 340 g/mol. The highest BCUT2D eigenvalue weighted by Crippen LogP contribution is 2.11. The Kier molecular flexibility index (Phi) is 27.2. The van der Waals surface area contributed by atoms with E-state index in [9.17, 15) is 9.90 Å². The maximum atomic E-state index is 10.1. The first kappa shape index (κ1) is 33.9. The van der Waals surface area contributed by atoms with Crippen LogP contribution in [0.2, 0.25) is 0 Å². The van der Waals surface area contributed by atoms with Gasteiger partial charge < -0.3 is 24.3 Å². The fourth-order valence-corrected chi connectivity index (χ4v) is 1.93. The SMILES string of the molecule is CCCCCCCCCCCCCC(=O)[O-].C[N+](C)(C)C.C[N+](C)(C)C.[OH-]. The van der Waals surface area contributed by atoms with Crippen molar-refractivity contribution >= 4 is 5.97 Å². The van der Waals surface area contributed by atoms with Crippen LogP contribution in [0.1, 0.15) is 84.0 Å². The zero-order chi connectivity index (χ0) is 21.1. The monoisotopic (exact) mass is 392 g/mol. The average Bonchev–Trinajstić information content (AvgIpc) is 2.41. The Morgan fingerprint density at radius 3 is 1.04 bits per heavy atom. The Bertz CT molecular complexity index is 271. The smallest absolute Gasteiger partial charge is 0.0675 e. The first-order valence-electron chi connectivity index (χ1n) is 10.5. The standard InChI is InChI=1S/C14H28O2.2C4H12N.H2O/c1-2-3-4-5-6-7-8-9-10-11-12-13-14(15)16;2*1-5(2,3)4;/h2-13H2,1H3,(H,15,16);2*1-4H3;1H2/q;2*+1;/p-2. The molecule has 0 bridgehead atoms. The van der Waals surface area contributed by atoms with Crippen LogP contribution in [0.15, 0.2) is 0 Å². The highest BCUT2D eigenvalue weighted by atomic mass is 16.4. The molecular formula is C22H52N2O3. The number of rotatable bonds is 12. The Hall–Kier alpha value is -0.650. The van der Waals surface area contributed by atoms with Crippen LogP contribution in [-0.4, -0.2) is 76.8 Å². The van der Waals surface area contributed by atoms with Crippen molar-refractivity contribution in [3.8, 4) is 0 Å². The van der Waals surface area contributed by atoms with Crippen LogP contribution in [0.5, 0.6) is 0 Å². The molecule has 0 saturated carbocycles. The molecule has 0 atom stereocenters. The van der Waals surface area contributed by atoms with Crippen LogP contribution >= 0.6 is 0 Å². The van der Waals surface area contributed by atoms with Gasteiger partial charge in [0.05, 0.1) is 56.4 Å². The fraction of sp³-hybridized carbons (Fsp3) is 0.955. The molecule has 0 rings (SSSR count). The number of hydrogen-bond acceptors (Lipinski definition) is 3. The molecule has 0 amide bonds. The molecule has 0 heterocycles.